The fourth-order valence-corrected chi connectivity index (χ4v) is 4.82. The van der Waals surface area contributed by atoms with Crippen molar-refractivity contribution in [3.63, 3.8) is 0 Å². The van der Waals surface area contributed by atoms with E-state index in [1.54, 1.807) is 6.07 Å². The van der Waals surface area contributed by atoms with Crippen LogP contribution in [0.25, 0.3) is 0 Å². The van der Waals surface area contributed by atoms with Gasteiger partial charge in [0, 0.05) is 54.8 Å². The molecule has 0 amide bonds. The summed E-state index contributed by atoms with van der Waals surface area (Å²) in [5, 5.41) is 2.15. The molecule has 0 unspecified atom stereocenters. The van der Waals surface area contributed by atoms with E-state index in [0.717, 1.165) is 50.8 Å². The Balaban J connectivity index is 1.62. The molecule has 140 valence electrons. The van der Waals surface area contributed by atoms with Crippen LogP contribution in [0.1, 0.15) is 30.6 Å². The number of aromatic amines is 1. The SMILES string of the molecule is O=c1cc(N2CCOCC2)cc(N2CCCCC[C@@H]2Cc2cccs2)[nH]1. The van der Waals surface area contributed by atoms with E-state index in [1.807, 2.05) is 11.3 Å². The minimum atomic E-state index is -0.0110. The van der Waals surface area contributed by atoms with Crippen LogP contribution in [0.3, 0.4) is 0 Å². The molecule has 2 saturated heterocycles. The average molecular weight is 374 g/mol. The third-order valence-corrected chi connectivity index (χ3v) is 6.29. The molecule has 0 aromatic carbocycles. The van der Waals surface area contributed by atoms with Crippen LogP contribution < -0.4 is 15.4 Å². The number of hydrogen-bond acceptors (Lipinski definition) is 5. The van der Waals surface area contributed by atoms with Crippen LogP contribution in [0, 0.1) is 0 Å². The Labute approximate surface area is 158 Å². The van der Waals surface area contributed by atoms with E-state index in [2.05, 4.69) is 38.4 Å². The van der Waals surface area contributed by atoms with Gasteiger partial charge in [-0.2, -0.15) is 0 Å². The first kappa shape index (κ1) is 17.6. The number of nitrogens with zero attached hydrogens (tertiary/aromatic N) is 2. The predicted molar refractivity (Wildman–Crippen MR) is 108 cm³/mol. The standard InChI is InChI=1S/C20H27N3O2S/c24-20-15-17(22-8-10-25-11-9-22)14-19(21-20)23-7-3-1-2-5-16(23)13-18-6-4-12-26-18/h4,6,12,14-16H,1-3,5,7-11,13H2,(H,21,24)/t16-/m1/s1. The molecule has 1 N–H and O–H groups in total. The van der Waals surface area contributed by atoms with Crippen molar-refractivity contribution in [3.05, 3.63) is 44.9 Å². The lowest BCUT2D eigenvalue weighted by atomic mass is 10.1. The third kappa shape index (κ3) is 4.13. The van der Waals surface area contributed by atoms with Gasteiger partial charge >= 0.3 is 0 Å². The lowest BCUT2D eigenvalue weighted by Gasteiger charge is -2.33. The number of nitrogens with one attached hydrogen (secondary N) is 1. The van der Waals surface area contributed by atoms with Crippen LogP contribution in [0.5, 0.6) is 0 Å². The molecule has 0 bridgehead atoms. The smallest absolute Gasteiger partial charge is 0.251 e. The van der Waals surface area contributed by atoms with Crippen molar-refractivity contribution in [2.24, 2.45) is 0 Å². The minimum absolute atomic E-state index is 0.0110. The van der Waals surface area contributed by atoms with Crippen LogP contribution in [-0.2, 0) is 11.2 Å². The van der Waals surface area contributed by atoms with Gasteiger partial charge in [-0.15, -0.1) is 11.3 Å². The molecular formula is C20H27N3O2S. The zero-order chi connectivity index (χ0) is 17.8. The Morgan fingerprint density at radius 3 is 2.85 bits per heavy atom. The number of rotatable bonds is 4. The monoisotopic (exact) mass is 373 g/mol. The van der Waals surface area contributed by atoms with E-state index >= 15 is 0 Å². The summed E-state index contributed by atoms with van der Waals surface area (Å²) in [7, 11) is 0. The second-order valence-corrected chi connectivity index (χ2v) is 8.20. The highest BCUT2D eigenvalue weighted by molar-refractivity contribution is 7.09. The molecule has 0 aliphatic carbocycles. The van der Waals surface area contributed by atoms with Crippen LogP contribution in [0.4, 0.5) is 11.5 Å². The summed E-state index contributed by atoms with van der Waals surface area (Å²) >= 11 is 1.83. The third-order valence-electron chi connectivity index (χ3n) is 5.39. The molecule has 4 rings (SSSR count). The van der Waals surface area contributed by atoms with Crippen LogP contribution >= 0.6 is 11.3 Å². The van der Waals surface area contributed by atoms with Crippen LogP contribution in [-0.4, -0.2) is 43.9 Å². The van der Waals surface area contributed by atoms with Crippen molar-refractivity contribution in [1.29, 1.82) is 0 Å². The first-order valence-corrected chi connectivity index (χ1v) is 10.5. The van der Waals surface area contributed by atoms with Gasteiger partial charge in [0.2, 0.25) is 0 Å². The number of ether oxygens (including phenoxy) is 1. The van der Waals surface area contributed by atoms with E-state index in [4.69, 9.17) is 4.74 Å². The van der Waals surface area contributed by atoms with Gasteiger partial charge < -0.3 is 19.5 Å². The summed E-state index contributed by atoms with van der Waals surface area (Å²) < 4.78 is 5.45. The van der Waals surface area contributed by atoms with E-state index in [9.17, 15) is 4.79 Å². The minimum Gasteiger partial charge on any atom is -0.378 e. The maximum Gasteiger partial charge on any atom is 0.251 e. The van der Waals surface area contributed by atoms with Crippen LogP contribution in [0.15, 0.2) is 34.4 Å². The van der Waals surface area contributed by atoms with Crippen molar-refractivity contribution in [3.8, 4) is 0 Å². The molecule has 6 heteroatoms. The van der Waals surface area contributed by atoms with Gasteiger partial charge in [-0.3, -0.25) is 4.79 Å². The first-order chi connectivity index (χ1) is 12.8. The Hall–Kier alpha value is -1.79. The summed E-state index contributed by atoms with van der Waals surface area (Å²) in [6.07, 6.45) is 5.96. The Morgan fingerprint density at radius 1 is 1.15 bits per heavy atom. The number of aromatic nitrogens is 1. The molecular weight excluding hydrogens is 346 g/mol. The normalized spacial score (nSPS) is 21.6. The molecule has 2 aliphatic rings. The number of hydrogen-bond donors (Lipinski definition) is 1. The molecule has 0 radical (unpaired) electrons. The number of morpholine rings is 1. The maximum absolute atomic E-state index is 12.4. The van der Waals surface area contributed by atoms with Crippen molar-refractivity contribution < 1.29 is 4.74 Å². The fraction of sp³-hybridized carbons (Fsp3) is 0.550. The zero-order valence-corrected chi connectivity index (χ0v) is 16.0. The second-order valence-electron chi connectivity index (χ2n) is 7.17. The van der Waals surface area contributed by atoms with E-state index in [0.29, 0.717) is 6.04 Å². The van der Waals surface area contributed by atoms with Gasteiger partial charge in [0.25, 0.3) is 5.56 Å². The van der Waals surface area contributed by atoms with Gasteiger partial charge in [0.15, 0.2) is 0 Å². The van der Waals surface area contributed by atoms with Crippen molar-refractivity contribution in [2.75, 3.05) is 42.6 Å². The summed E-state index contributed by atoms with van der Waals surface area (Å²) in [4.78, 5) is 21.6. The maximum atomic E-state index is 12.4. The molecule has 26 heavy (non-hydrogen) atoms. The largest absolute Gasteiger partial charge is 0.378 e. The summed E-state index contributed by atoms with van der Waals surface area (Å²) in [5.41, 5.74) is 1.01. The molecule has 5 nitrogen and oxygen atoms in total. The van der Waals surface area contributed by atoms with Gasteiger partial charge in [-0.25, -0.2) is 0 Å². The van der Waals surface area contributed by atoms with Crippen molar-refractivity contribution in [2.45, 2.75) is 38.1 Å². The molecule has 0 saturated carbocycles. The second kappa shape index (κ2) is 8.27. The van der Waals surface area contributed by atoms with E-state index < -0.39 is 0 Å². The van der Waals surface area contributed by atoms with Gasteiger partial charge in [0.1, 0.15) is 5.82 Å². The number of thiophene rings is 1. The van der Waals surface area contributed by atoms with Gasteiger partial charge in [-0.1, -0.05) is 18.9 Å². The zero-order valence-electron chi connectivity index (χ0n) is 15.2. The lowest BCUT2D eigenvalue weighted by Crippen LogP contribution is -2.39. The molecule has 2 aliphatic heterocycles. The lowest BCUT2D eigenvalue weighted by molar-refractivity contribution is 0.122. The van der Waals surface area contributed by atoms with E-state index in [-0.39, 0.29) is 5.56 Å². The number of pyridine rings is 1. The fourth-order valence-electron chi connectivity index (χ4n) is 4.04. The summed E-state index contributed by atoms with van der Waals surface area (Å²) in [6.45, 7) is 4.17. The highest BCUT2D eigenvalue weighted by Crippen LogP contribution is 2.28. The van der Waals surface area contributed by atoms with Crippen molar-refractivity contribution >= 4 is 22.8 Å². The topological polar surface area (TPSA) is 48.6 Å². The molecule has 2 aromatic heterocycles. The molecule has 0 spiro atoms. The summed E-state index contributed by atoms with van der Waals surface area (Å²) in [6, 6.07) is 8.69. The quantitative estimate of drug-likeness (QED) is 0.894. The Kier molecular flexibility index (Phi) is 5.60. The predicted octanol–water partition coefficient (Wildman–Crippen LogP) is 3.26. The molecule has 2 fully saturated rings. The van der Waals surface area contributed by atoms with Crippen molar-refractivity contribution in [1.82, 2.24) is 4.98 Å². The first-order valence-electron chi connectivity index (χ1n) is 9.66. The van der Waals surface area contributed by atoms with Gasteiger partial charge in [-0.05, 0) is 24.3 Å². The highest BCUT2D eigenvalue weighted by atomic mass is 32.1. The van der Waals surface area contributed by atoms with E-state index in [1.165, 1.54) is 30.6 Å². The average Bonchev–Trinajstić information content (AvgIpc) is 3.06. The molecule has 2 aromatic rings. The Morgan fingerprint density at radius 2 is 2.04 bits per heavy atom. The highest BCUT2D eigenvalue weighted by Gasteiger charge is 2.24. The number of anilines is 2. The number of H-pyrrole nitrogens is 1. The Bertz CT molecular complexity index is 753. The van der Waals surface area contributed by atoms with Gasteiger partial charge in [0.05, 0.1) is 13.2 Å². The summed E-state index contributed by atoms with van der Waals surface area (Å²) in [5.74, 6) is 0.974. The van der Waals surface area contributed by atoms with Crippen LogP contribution in [0.2, 0.25) is 0 Å². The molecule has 4 heterocycles. The molecule has 1 atom stereocenters.